The number of rotatable bonds is 6. The first-order chi connectivity index (χ1) is 9.72. The van der Waals surface area contributed by atoms with Crippen molar-refractivity contribution >= 4 is 17.6 Å². The number of methoxy groups -OCH3 is 1. The van der Waals surface area contributed by atoms with Gasteiger partial charge in [-0.25, -0.2) is 0 Å². The summed E-state index contributed by atoms with van der Waals surface area (Å²) in [7, 11) is 1.70. The molecule has 0 heterocycles. The zero-order valence-electron chi connectivity index (χ0n) is 12.0. The number of halogens is 1. The highest BCUT2D eigenvalue weighted by Crippen LogP contribution is 2.21. The Bertz CT molecular complexity index is 460. The van der Waals surface area contributed by atoms with E-state index in [1.54, 1.807) is 7.11 Å². The summed E-state index contributed by atoms with van der Waals surface area (Å²) in [6.07, 6.45) is 2.38. The molecule has 2 N–H and O–H groups in total. The van der Waals surface area contributed by atoms with Crippen LogP contribution in [0.4, 0.5) is 0 Å². The van der Waals surface area contributed by atoms with Gasteiger partial charge in [-0.15, -0.1) is 0 Å². The average molecular weight is 296 g/mol. The first-order valence-corrected chi connectivity index (χ1v) is 7.43. The summed E-state index contributed by atoms with van der Waals surface area (Å²) < 4.78 is 5.52. The molecule has 110 valence electrons. The third kappa shape index (κ3) is 4.69. The van der Waals surface area contributed by atoms with Crippen molar-refractivity contribution in [1.82, 2.24) is 10.6 Å². The van der Waals surface area contributed by atoms with Crippen LogP contribution in [0.25, 0.3) is 0 Å². The fourth-order valence-electron chi connectivity index (χ4n) is 1.94. The topological polar surface area (TPSA) is 45.7 Å². The van der Waals surface area contributed by atoms with E-state index in [4.69, 9.17) is 16.3 Å². The zero-order valence-corrected chi connectivity index (χ0v) is 12.8. The molecule has 1 aromatic carbocycles. The van der Waals surface area contributed by atoms with Gasteiger partial charge in [0.25, 0.3) is 0 Å². The number of ether oxygens (including phenoxy) is 1. The summed E-state index contributed by atoms with van der Waals surface area (Å²) in [5.74, 6) is 0.860. The van der Waals surface area contributed by atoms with Crippen LogP contribution in [0.5, 0.6) is 0 Å². The Balaban J connectivity index is 2.00. The van der Waals surface area contributed by atoms with Crippen molar-refractivity contribution in [2.45, 2.75) is 31.9 Å². The van der Waals surface area contributed by atoms with Crippen LogP contribution in [0, 0.1) is 0 Å². The molecule has 1 unspecified atom stereocenters. The Kier molecular flexibility index (Phi) is 5.68. The van der Waals surface area contributed by atoms with E-state index >= 15 is 0 Å². The predicted molar refractivity (Wildman–Crippen MR) is 83.3 cm³/mol. The number of nitrogens with one attached hydrogen (secondary N) is 2. The fourth-order valence-corrected chi connectivity index (χ4v) is 2.14. The lowest BCUT2D eigenvalue weighted by Gasteiger charge is -2.16. The quantitative estimate of drug-likeness (QED) is 0.626. The molecule has 1 saturated carbocycles. The Morgan fingerprint density at radius 2 is 2.30 bits per heavy atom. The molecule has 1 aromatic rings. The summed E-state index contributed by atoms with van der Waals surface area (Å²) in [6.45, 7) is 3.49. The van der Waals surface area contributed by atoms with Crippen LogP contribution in [-0.2, 0) is 4.74 Å². The van der Waals surface area contributed by atoms with Gasteiger partial charge < -0.3 is 15.4 Å². The first-order valence-electron chi connectivity index (χ1n) is 7.06. The van der Waals surface area contributed by atoms with Crippen molar-refractivity contribution in [2.24, 2.45) is 4.99 Å². The highest BCUT2D eigenvalue weighted by atomic mass is 35.5. The van der Waals surface area contributed by atoms with Crippen molar-refractivity contribution in [1.29, 1.82) is 0 Å². The third-order valence-electron chi connectivity index (χ3n) is 3.18. The largest absolute Gasteiger partial charge is 0.375 e. The Morgan fingerprint density at radius 1 is 1.50 bits per heavy atom. The Hall–Kier alpha value is -1.26. The molecule has 4 nitrogen and oxygen atoms in total. The number of benzene rings is 1. The van der Waals surface area contributed by atoms with E-state index in [9.17, 15) is 0 Å². The Labute approximate surface area is 125 Å². The van der Waals surface area contributed by atoms with Gasteiger partial charge in [0, 0.05) is 24.7 Å². The van der Waals surface area contributed by atoms with Gasteiger partial charge in [0.05, 0.1) is 6.54 Å². The maximum Gasteiger partial charge on any atom is 0.191 e. The molecule has 0 bridgehead atoms. The number of guanidine groups is 1. The van der Waals surface area contributed by atoms with E-state index in [2.05, 4.69) is 22.5 Å². The highest BCUT2D eigenvalue weighted by Gasteiger charge is 2.22. The van der Waals surface area contributed by atoms with Gasteiger partial charge in [-0.05, 0) is 37.5 Å². The van der Waals surface area contributed by atoms with Crippen LogP contribution in [-0.4, -0.2) is 32.2 Å². The molecule has 0 aromatic heterocycles. The van der Waals surface area contributed by atoms with E-state index in [0.717, 1.165) is 23.1 Å². The van der Waals surface area contributed by atoms with Crippen molar-refractivity contribution in [3.05, 3.63) is 34.9 Å². The van der Waals surface area contributed by atoms with E-state index in [-0.39, 0.29) is 6.10 Å². The van der Waals surface area contributed by atoms with Crippen LogP contribution in [0.1, 0.15) is 31.4 Å². The molecule has 2 rings (SSSR count). The average Bonchev–Trinajstić information content (AvgIpc) is 3.23. The molecule has 1 fully saturated rings. The lowest BCUT2D eigenvalue weighted by atomic mass is 10.1. The molecule has 1 atom stereocenters. The van der Waals surface area contributed by atoms with Crippen LogP contribution in [0.15, 0.2) is 29.3 Å². The predicted octanol–water partition coefficient (Wildman–Crippen LogP) is 2.75. The lowest BCUT2D eigenvalue weighted by Crippen LogP contribution is -2.38. The second-order valence-electron chi connectivity index (χ2n) is 4.92. The Morgan fingerprint density at radius 3 is 2.90 bits per heavy atom. The minimum Gasteiger partial charge on any atom is -0.375 e. The van der Waals surface area contributed by atoms with Crippen molar-refractivity contribution < 1.29 is 4.74 Å². The van der Waals surface area contributed by atoms with Gasteiger partial charge in [-0.1, -0.05) is 23.7 Å². The van der Waals surface area contributed by atoms with Crippen molar-refractivity contribution in [2.75, 3.05) is 20.2 Å². The molecule has 5 heteroatoms. The summed E-state index contributed by atoms with van der Waals surface area (Å²) >= 11 is 6.02. The fraction of sp³-hybridized carbons (Fsp3) is 0.533. The lowest BCUT2D eigenvalue weighted by molar-refractivity contribution is 0.111. The monoisotopic (exact) mass is 295 g/mol. The second kappa shape index (κ2) is 7.50. The smallest absolute Gasteiger partial charge is 0.191 e. The minimum absolute atomic E-state index is 0.0802. The van der Waals surface area contributed by atoms with Crippen molar-refractivity contribution in [3.63, 3.8) is 0 Å². The van der Waals surface area contributed by atoms with Crippen LogP contribution >= 0.6 is 11.6 Å². The SMILES string of the molecule is CCNC(=NCC(OC)c1cccc(Cl)c1)NC1CC1. The maximum atomic E-state index is 6.02. The van der Waals surface area contributed by atoms with Gasteiger partial charge >= 0.3 is 0 Å². The molecule has 0 radical (unpaired) electrons. The highest BCUT2D eigenvalue weighted by molar-refractivity contribution is 6.30. The van der Waals surface area contributed by atoms with E-state index < -0.39 is 0 Å². The standard InChI is InChI=1S/C15H22ClN3O/c1-3-17-15(19-13-7-8-13)18-10-14(20-2)11-5-4-6-12(16)9-11/h4-6,9,13-14H,3,7-8,10H2,1-2H3,(H2,17,18,19). The minimum atomic E-state index is -0.0802. The number of nitrogens with zero attached hydrogens (tertiary/aromatic N) is 1. The molecular weight excluding hydrogens is 274 g/mol. The number of hydrogen-bond acceptors (Lipinski definition) is 2. The summed E-state index contributed by atoms with van der Waals surface area (Å²) in [5.41, 5.74) is 1.05. The second-order valence-corrected chi connectivity index (χ2v) is 5.35. The molecule has 0 aliphatic heterocycles. The summed E-state index contributed by atoms with van der Waals surface area (Å²) in [4.78, 5) is 4.60. The summed E-state index contributed by atoms with van der Waals surface area (Å²) in [6, 6.07) is 8.31. The van der Waals surface area contributed by atoms with E-state index in [1.165, 1.54) is 12.8 Å². The van der Waals surface area contributed by atoms with Gasteiger partial charge in [0.1, 0.15) is 6.10 Å². The van der Waals surface area contributed by atoms with Crippen LogP contribution in [0.2, 0.25) is 5.02 Å². The molecule has 0 amide bonds. The van der Waals surface area contributed by atoms with Crippen LogP contribution in [0.3, 0.4) is 0 Å². The molecule has 0 spiro atoms. The molecular formula is C15H22ClN3O. The molecule has 20 heavy (non-hydrogen) atoms. The van der Waals surface area contributed by atoms with Gasteiger partial charge in [0.15, 0.2) is 5.96 Å². The van der Waals surface area contributed by atoms with Crippen LogP contribution < -0.4 is 10.6 Å². The van der Waals surface area contributed by atoms with E-state index in [1.807, 2.05) is 24.3 Å². The number of hydrogen-bond donors (Lipinski definition) is 2. The molecule has 1 aliphatic rings. The molecule has 1 aliphatic carbocycles. The van der Waals surface area contributed by atoms with Crippen molar-refractivity contribution in [3.8, 4) is 0 Å². The third-order valence-corrected chi connectivity index (χ3v) is 3.42. The zero-order chi connectivity index (χ0) is 14.4. The maximum absolute atomic E-state index is 6.02. The van der Waals surface area contributed by atoms with Gasteiger partial charge in [-0.3, -0.25) is 4.99 Å². The van der Waals surface area contributed by atoms with Gasteiger partial charge in [-0.2, -0.15) is 0 Å². The van der Waals surface area contributed by atoms with Gasteiger partial charge in [0.2, 0.25) is 0 Å². The molecule has 0 saturated heterocycles. The number of aliphatic imine (C=N–C) groups is 1. The first kappa shape index (κ1) is 15.1. The normalized spacial score (nSPS) is 16.9. The summed E-state index contributed by atoms with van der Waals surface area (Å²) in [5, 5.41) is 7.36. The van der Waals surface area contributed by atoms with E-state index in [0.29, 0.717) is 12.6 Å².